The smallest absolute Gasteiger partial charge is 0.311 e. The monoisotopic (exact) mass is 433 g/mol. The molecule has 0 amide bonds. The van der Waals surface area contributed by atoms with Crippen LogP contribution in [0, 0.1) is 29.1 Å². The Labute approximate surface area is 202 Å². The van der Waals surface area contributed by atoms with Crippen LogP contribution < -0.4 is 0 Å². The number of rotatable bonds is 7. The van der Waals surface area contributed by atoms with Crippen LogP contribution in [0.5, 0.6) is 0 Å². The summed E-state index contributed by atoms with van der Waals surface area (Å²) in [5, 5.41) is 4.59. The molecule has 5 nitrogen and oxygen atoms in total. The lowest BCUT2D eigenvalue weighted by molar-refractivity contribution is -0.166. The number of ether oxygens (including phenoxy) is 2. The van der Waals surface area contributed by atoms with Gasteiger partial charge in [0.1, 0.15) is 12.2 Å². The second-order valence-corrected chi connectivity index (χ2v) is 8.49. The van der Waals surface area contributed by atoms with Gasteiger partial charge >= 0.3 is 11.9 Å². The van der Waals surface area contributed by atoms with E-state index in [-0.39, 0.29) is 25.2 Å². The lowest BCUT2D eigenvalue weighted by atomic mass is 9.65. The van der Waals surface area contributed by atoms with Crippen LogP contribution in [0.1, 0.15) is 92.0 Å². The molecule has 5 heteroatoms. The molecule has 0 aromatic carbocycles. The van der Waals surface area contributed by atoms with Crippen LogP contribution >= 0.6 is 0 Å². The van der Waals surface area contributed by atoms with Crippen molar-refractivity contribution in [2.24, 2.45) is 29.1 Å². The first-order chi connectivity index (χ1) is 20.3. The molecular weight excluding hydrogens is 380 g/mol. The number of aliphatic hydroxyl groups is 1. The van der Waals surface area contributed by atoms with Crippen LogP contribution in [0.2, 0.25) is 0 Å². The van der Waals surface area contributed by atoms with Gasteiger partial charge in [0.25, 0.3) is 0 Å². The molecule has 3 rings (SSSR count). The summed E-state index contributed by atoms with van der Waals surface area (Å²) in [6.45, 7) is -12.8. The number of allylic oxidation sites excluding steroid dienone is 3. The van der Waals surface area contributed by atoms with Crippen LogP contribution in [-0.2, 0) is 19.1 Å². The van der Waals surface area contributed by atoms with Gasteiger partial charge in [0, 0.05) is 31.5 Å². The maximum Gasteiger partial charge on any atom is 0.311 e. The van der Waals surface area contributed by atoms with Gasteiger partial charge in [-0.1, -0.05) is 38.9 Å². The lowest BCUT2D eigenvalue weighted by Crippen LogP contribution is -2.43. The number of fused-ring (bicyclic) bond motifs is 1. The van der Waals surface area contributed by atoms with Crippen molar-refractivity contribution in [1.82, 2.24) is 0 Å². The minimum Gasteiger partial charge on any atom is -0.462 e. The van der Waals surface area contributed by atoms with E-state index in [1.807, 2.05) is 6.92 Å². The van der Waals surface area contributed by atoms with Crippen molar-refractivity contribution in [3.8, 4) is 0 Å². The van der Waals surface area contributed by atoms with Crippen molar-refractivity contribution in [3.63, 3.8) is 0 Å². The van der Waals surface area contributed by atoms with Crippen molar-refractivity contribution >= 4 is 11.9 Å². The fourth-order valence-corrected chi connectivity index (χ4v) is 4.69. The highest BCUT2D eigenvalue weighted by atomic mass is 16.6. The Hall–Kier alpha value is -1.62. The van der Waals surface area contributed by atoms with E-state index in [0.717, 1.165) is 0 Å². The molecule has 0 bridgehead atoms. The normalized spacial score (nSPS) is 46.0. The second-order valence-electron chi connectivity index (χ2n) is 8.49. The average molecular weight is 434 g/mol. The third kappa shape index (κ3) is 5.16. The second kappa shape index (κ2) is 9.25. The predicted octanol–water partition coefficient (Wildman–Crippen LogP) is 4.59. The molecule has 2 aliphatic carbocycles. The van der Waals surface area contributed by atoms with Gasteiger partial charge < -0.3 is 14.6 Å². The summed E-state index contributed by atoms with van der Waals surface area (Å²) in [4.78, 5) is 26.0. The van der Waals surface area contributed by atoms with E-state index in [4.69, 9.17) is 30.1 Å². The Morgan fingerprint density at radius 1 is 1.43 bits per heavy atom. The summed E-state index contributed by atoms with van der Waals surface area (Å²) in [5.74, 6) is -5.40. The average Bonchev–Trinajstić information content (AvgIpc) is 2.84. The third-order valence-electron chi connectivity index (χ3n) is 6.19. The summed E-state index contributed by atoms with van der Waals surface area (Å²) in [7, 11) is 0. The fraction of sp³-hybridized carbons (Fsp3) is 0.760. The number of hydrogen-bond acceptors (Lipinski definition) is 5. The summed E-state index contributed by atoms with van der Waals surface area (Å²) in [6.07, 6.45) is -1.61. The van der Waals surface area contributed by atoms with Gasteiger partial charge in [-0.3, -0.25) is 9.59 Å². The van der Waals surface area contributed by atoms with Crippen LogP contribution in [0.15, 0.2) is 23.8 Å². The zero-order chi connectivity index (χ0) is 34.6. The Morgan fingerprint density at radius 2 is 2.30 bits per heavy atom. The van der Waals surface area contributed by atoms with Crippen molar-refractivity contribution in [2.45, 2.75) is 91.1 Å². The van der Waals surface area contributed by atoms with Gasteiger partial charge in [0.15, 0.2) is 0 Å². The van der Waals surface area contributed by atoms with E-state index >= 15 is 0 Å². The van der Waals surface area contributed by atoms with Crippen LogP contribution in [0.25, 0.3) is 0 Å². The Balaban J connectivity index is 2.09. The molecule has 3 aliphatic rings. The first-order valence-electron chi connectivity index (χ1n) is 17.6. The first-order valence-corrected chi connectivity index (χ1v) is 10.2. The largest absolute Gasteiger partial charge is 0.462 e. The van der Waals surface area contributed by atoms with Gasteiger partial charge in [-0.15, -0.1) is 0 Å². The van der Waals surface area contributed by atoms with E-state index < -0.39 is 93.6 Å². The zero-order valence-corrected chi connectivity index (χ0v) is 16.9. The number of cyclic esters (lactones) is 1. The van der Waals surface area contributed by atoms with Crippen LogP contribution in [0.3, 0.4) is 0 Å². The van der Waals surface area contributed by atoms with Crippen LogP contribution in [-0.4, -0.2) is 36.8 Å². The third-order valence-corrected chi connectivity index (χ3v) is 6.19. The molecule has 1 unspecified atom stereocenters. The molecule has 0 aromatic rings. The molecule has 1 heterocycles. The Morgan fingerprint density at radius 3 is 3.03 bits per heavy atom. The number of carbonyl (C=O) groups excluding carboxylic acids is 2. The molecule has 0 saturated carbocycles. The quantitative estimate of drug-likeness (QED) is 0.595. The maximum atomic E-state index is 14.0. The van der Waals surface area contributed by atoms with Crippen molar-refractivity contribution in [1.29, 1.82) is 1.43 Å². The summed E-state index contributed by atoms with van der Waals surface area (Å²) in [5.41, 5.74) is -3.74. The summed E-state index contributed by atoms with van der Waals surface area (Å²) in [6, 6.07) is 0. The van der Waals surface area contributed by atoms with Crippen molar-refractivity contribution < 1.29 is 43.4 Å². The molecule has 0 aromatic heterocycles. The highest BCUT2D eigenvalue weighted by Crippen LogP contribution is 2.45. The Bertz CT molecular complexity index is 1150. The number of carbonyl (C=O) groups is 2. The van der Waals surface area contributed by atoms with Gasteiger partial charge in [-0.05, 0) is 62.7 Å². The number of hydrogen-bond donors (Lipinski definition) is 1. The summed E-state index contributed by atoms with van der Waals surface area (Å²) < 4.78 is 130. The van der Waals surface area contributed by atoms with E-state index in [2.05, 4.69) is 5.11 Å². The van der Waals surface area contributed by atoms with Crippen molar-refractivity contribution in [3.05, 3.63) is 23.8 Å². The topological polar surface area (TPSA) is 72.8 Å². The highest BCUT2D eigenvalue weighted by molar-refractivity contribution is 5.76. The van der Waals surface area contributed by atoms with Gasteiger partial charge in [-0.25, -0.2) is 0 Å². The van der Waals surface area contributed by atoms with E-state index in [1.54, 1.807) is 12.2 Å². The zero-order valence-electron chi connectivity index (χ0n) is 31.9. The first kappa shape index (κ1) is 10.3. The SMILES string of the molecule is [2H]O[C@H]1CC(=O)OC(CC[C@@H]2[C@@H]3C(=C[C@H](C([2H])([2H])[2H])C[C@@H]3OC(=O)C(C([2H])([2H])[2H])(C([2H])([2H])[2H])C([2H])([2H])C([2H])([2H])[2H])C=C[C@@H]2C)C1. The lowest BCUT2D eigenvalue weighted by Gasteiger charge is -2.44. The van der Waals surface area contributed by atoms with E-state index in [1.165, 1.54) is 6.08 Å². The molecule has 168 valence electrons. The molecule has 1 fully saturated rings. The van der Waals surface area contributed by atoms with E-state index in [9.17, 15) is 9.59 Å². The minimum absolute atomic E-state index is 0.0783. The molecule has 1 saturated heterocycles. The molecule has 7 atom stereocenters. The standard InChI is InChI=1S/C25H38O5/c1-6-25(4,5)24(28)30-21-12-15(2)11-17-8-7-16(3)20(23(17)21)10-9-19-13-18(26)14-22(27)29-19/h7-8,11,15-16,18-21,23,26H,6,9-10,12-14H2,1-5H3/t15-,16-,18+,19?,20-,21-,23-/m0/s1/i1D3,2D3,4D3,5D3,6D2,26D. The molecule has 1 N–H and O–H groups in total. The molecule has 0 spiro atoms. The van der Waals surface area contributed by atoms with Gasteiger partial charge in [-0.2, -0.15) is 0 Å². The minimum atomic E-state index is -4.16. The van der Waals surface area contributed by atoms with E-state index in [0.29, 0.717) is 12.0 Å². The van der Waals surface area contributed by atoms with Gasteiger partial charge in [0.2, 0.25) is 1.43 Å². The molecule has 30 heavy (non-hydrogen) atoms. The molecule has 0 radical (unpaired) electrons. The van der Waals surface area contributed by atoms with Crippen molar-refractivity contribution in [2.75, 3.05) is 0 Å². The predicted molar refractivity (Wildman–Crippen MR) is 115 cm³/mol. The van der Waals surface area contributed by atoms with Gasteiger partial charge in [0.05, 0.1) is 17.9 Å². The maximum absolute atomic E-state index is 14.0. The summed E-state index contributed by atoms with van der Waals surface area (Å²) >= 11 is 0. The van der Waals surface area contributed by atoms with Crippen LogP contribution in [0.4, 0.5) is 0 Å². The number of esters is 2. The molecule has 1 aliphatic heterocycles. The Kier molecular flexibility index (Phi) is 3.19. The fourth-order valence-electron chi connectivity index (χ4n) is 4.69. The molecular formula is C25H38O5. The highest BCUT2D eigenvalue weighted by Gasteiger charge is 2.43. The number of aliphatic hydroxyl groups excluding tert-OH is 1.